The summed E-state index contributed by atoms with van der Waals surface area (Å²) >= 11 is 0. The van der Waals surface area contributed by atoms with Gasteiger partial charge >= 0.3 is 0 Å². The van der Waals surface area contributed by atoms with Gasteiger partial charge in [-0.25, -0.2) is 0 Å². The zero-order valence-corrected chi connectivity index (χ0v) is 10.2. The highest BCUT2D eigenvalue weighted by Gasteiger charge is 2.09. The van der Waals surface area contributed by atoms with E-state index in [2.05, 4.69) is 39.0 Å². The molecule has 0 saturated heterocycles. The summed E-state index contributed by atoms with van der Waals surface area (Å²) in [6.45, 7) is 6.59. The number of aryl methyl sites for hydroxylation is 2. The molecule has 0 fully saturated rings. The van der Waals surface area contributed by atoms with Crippen molar-refractivity contribution >= 4 is 0 Å². The van der Waals surface area contributed by atoms with Crippen LogP contribution in [0.5, 0.6) is 0 Å². The van der Waals surface area contributed by atoms with Gasteiger partial charge in [-0.15, -0.1) is 0 Å². The Balaban J connectivity index is 2.99. The van der Waals surface area contributed by atoms with Crippen LogP contribution in [0.15, 0.2) is 18.2 Å². The van der Waals surface area contributed by atoms with Crippen molar-refractivity contribution in [2.75, 3.05) is 0 Å². The molecule has 0 unspecified atom stereocenters. The van der Waals surface area contributed by atoms with Crippen LogP contribution >= 0.6 is 0 Å². The van der Waals surface area contributed by atoms with E-state index in [4.69, 9.17) is 5.73 Å². The molecule has 0 saturated carbocycles. The highest BCUT2D eigenvalue weighted by Crippen LogP contribution is 2.18. The fourth-order valence-electron chi connectivity index (χ4n) is 2.02. The van der Waals surface area contributed by atoms with Gasteiger partial charge in [-0.05, 0) is 42.4 Å². The molecule has 15 heavy (non-hydrogen) atoms. The first kappa shape index (κ1) is 12.3. The van der Waals surface area contributed by atoms with Crippen molar-refractivity contribution in [3.05, 3.63) is 34.9 Å². The lowest BCUT2D eigenvalue weighted by molar-refractivity contribution is 0.639. The summed E-state index contributed by atoms with van der Waals surface area (Å²) < 4.78 is 0. The first-order chi connectivity index (χ1) is 7.22. The molecule has 0 aliphatic carbocycles. The monoisotopic (exact) mass is 205 g/mol. The molecule has 84 valence electrons. The van der Waals surface area contributed by atoms with Gasteiger partial charge in [0.25, 0.3) is 0 Å². The second-order valence-corrected chi connectivity index (χ2v) is 4.13. The number of rotatable bonds is 5. The van der Waals surface area contributed by atoms with Gasteiger partial charge in [-0.2, -0.15) is 0 Å². The van der Waals surface area contributed by atoms with Crippen LogP contribution in [-0.4, -0.2) is 6.04 Å². The average molecular weight is 205 g/mol. The summed E-state index contributed by atoms with van der Waals surface area (Å²) in [5, 5.41) is 0. The van der Waals surface area contributed by atoms with Gasteiger partial charge in [-0.1, -0.05) is 39.0 Å². The lowest BCUT2D eigenvalue weighted by Gasteiger charge is -2.16. The quantitative estimate of drug-likeness (QED) is 0.785. The zero-order valence-electron chi connectivity index (χ0n) is 10.2. The Bertz CT molecular complexity index is 282. The number of nitrogens with two attached hydrogens (primary N) is 1. The van der Waals surface area contributed by atoms with Crippen LogP contribution in [0.4, 0.5) is 0 Å². The third kappa shape index (κ3) is 3.07. The van der Waals surface area contributed by atoms with Crippen molar-refractivity contribution < 1.29 is 0 Å². The first-order valence-electron chi connectivity index (χ1n) is 6.08. The molecule has 0 amide bonds. The summed E-state index contributed by atoms with van der Waals surface area (Å²) in [5.41, 5.74) is 10.5. The maximum absolute atomic E-state index is 6.05. The topological polar surface area (TPSA) is 26.0 Å². The minimum atomic E-state index is 0.308. The summed E-state index contributed by atoms with van der Waals surface area (Å²) in [6, 6.07) is 6.94. The lowest BCUT2D eigenvalue weighted by Crippen LogP contribution is -2.22. The highest BCUT2D eigenvalue weighted by atomic mass is 14.6. The summed E-state index contributed by atoms with van der Waals surface area (Å²) in [6.07, 6.45) is 4.31. The SMILES string of the molecule is CCc1cccc(CC)c1C[C@H](N)CC. The highest BCUT2D eigenvalue weighted by molar-refractivity contribution is 5.36. The number of hydrogen-bond donors (Lipinski definition) is 1. The van der Waals surface area contributed by atoms with Crippen molar-refractivity contribution in [1.29, 1.82) is 0 Å². The number of hydrogen-bond acceptors (Lipinski definition) is 1. The van der Waals surface area contributed by atoms with Crippen LogP contribution in [0.1, 0.15) is 43.9 Å². The predicted octanol–water partition coefficient (Wildman–Crippen LogP) is 3.09. The van der Waals surface area contributed by atoms with Crippen molar-refractivity contribution in [1.82, 2.24) is 0 Å². The summed E-state index contributed by atoms with van der Waals surface area (Å²) in [5.74, 6) is 0. The Morgan fingerprint density at radius 2 is 1.60 bits per heavy atom. The number of benzene rings is 1. The molecule has 0 aliphatic rings. The Morgan fingerprint density at radius 3 is 2.00 bits per heavy atom. The molecule has 0 aromatic heterocycles. The lowest BCUT2D eigenvalue weighted by atomic mass is 9.92. The average Bonchev–Trinajstić information content (AvgIpc) is 2.29. The van der Waals surface area contributed by atoms with E-state index in [0.29, 0.717) is 6.04 Å². The maximum atomic E-state index is 6.05. The third-order valence-corrected chi connectivity index (χ3v) is 3.12. The van der Waals surface area contributed by atoms with Gasteiger partial charge in [0.05, 0.1) is 0 Å². The van der Waals surface area contributed by atoms with E-state index >= 15 is 0 Å². The second-order valence-electron chi connectivity index (χ2n) is 4.13. The molecule has 0 aliphatic heterocycles. The van der Waals surface area contributed by atoms with E-state index in [1.165, 1.54) is 16.7 Å². The Kier molecular flexibility index (Phi) is 4.83. The molecular weight excluding hydrogens is 182 g/mol. The fraction of sp³-hybridized carbons (Fsp3) is 0.571. The molecule has 0 spiro atoms. The Hall–Kier alpha value is -0.820. The molecule has 0 radical (unpaired) electrons. The van der Waals surface area contributed by atoms with E-state index in [-0.39, 0.29) is 0 Å². The molecule has 1 atom stereocenters. The van der Waals surface area contributed by atoms with Crippen LogP contribution in [-0.2, 0) is 19.3 Å². The van der Waals surface area contributed by atoms with E-state index in [9.17, 15) is 0 Å². The van der Waals surface area contributed by atoms with Gasteiger partial charge < -0.3 is 5.73 Å². The Morgan fingerprint density at radius 1 is 1.07 bits per heavy atom. The van der Waals surface area contributed by atoms with Crippen LogP contribution in [0.3, 0.4) is 0 Å². The summed E-state index contributed by atoms with van der Waals surface area (Å²) in [4.78, 5) is 0. The standard InChI is InChI=1S/C14H23N/c1-4-11-8-7-9-12(5-2)14(11)10-13(15)6-3/h7-9,13H,4-6,10,15H2,1-3H3/t13-/m1/s1. The predicted molar refractivity (Wildman–Crippen MR) is 67.2 cm³/mol. The van der Waals surface area contributed by atoms with Gasteiger partial charge in [0, 0.05) is 6.04 Å². The smallest absolute Gasteiger partial charge is 0.00769 e. The molecule has 0 bridgehead atoms. The van der Waals surface area contributed by atoms with Crippen LogP contribution < -0.4 is 5.73 Å². The molecule has 1 aromatic rings. The normalized spacial score (nSPS) is 12.8. The second kappa shape index (κ2) is 5.92. The minimum Gasteiger partial charge on any atom is -0.327 e. The molecule has 1 aromatic carbocycles. The molecular formula is C14H23N. The van der Waals surface area contributed by atoms with Crippen molar-refractivity contribution in [3.8, 4) is 0 Å². The molecule has 1 rings (SSSR count). The molecule has 1 heteroatoms. The van der Waals surface area contributed by atoms with E-state index in [1.54, 1.807) is 0 Å². The van der Waals surface area contributed by atoms with Crippen LogP contribution in [0.25, 0.3) is 0 Å². The van der Waals surface area contributed by atoms with Crippen LogP contribution in [0.2, 0.25) is 0 Å². The largest absolute Gasteiger partial charge is 0.327 e. The third-order valence-electron chi connectivity index (χ3n) is 3.12. The first-order valence-corrected chi connectivity index (χ1v) is 6.08. The van der Waals surface area contributed by atoms with Gasteiger partial charge in [0.15, 0.2) is 0 Å². The fourth-order valence-corrected chi connectivity index (χ4v) is 2.02. The van der Waals surface area contributed by atoms with Crippen molar-refractivity contribution in [3.63, 3.8) is 0 Å². The van der Waals surface area contributed by atoms with Gasteiger partial charge in [0.2, 0.25) is 0 Å². The van der Waals surface area contributed by atoms with E-state index in [0.717, 1.165) is 25.7 Å². The maximum Gasteiger partial charge on any atom is 0.00769 e. The summed E-state index contributed by atoms with van der Waals surface area (Å²) in [7, 11) is 0. The zero-order chi connectivity index (χ0) is 11.3. The van der Waals surface area contributed by atoms with Gasteiger partial charge in [0.1, 0.15) is 0 Å². The van der Waals surface area contributed by atoms with Crippen molar-refractivity contribution in [2.45, 2.75) is 52.5 Å². The molecule has 2 N–H and O–H groups in total. The Labute approximate surface area is 93.7 Å². The molecule has 1 nitrogen and oxygen atoms in total. The van der Waals surface area contributed by atoms with Crippen molar-refractivity contribution in [2.24, 2.45) is 5.73 Å². The van der Waals surface area contributed by atoms with E-state index in [1.807, 2.05) is 0 Å². The molecule has 0 heterocycles. The minimum absolute atomic E-state index is 0.308. The van der Waals surface area contributed by atoms with Gasteiger partial charge in [-0.3, -0.25) is 0 Å². The van der Waals surface area contributed by atoms with E-state index < -0.39 is 0 Å². The van der Waals surface area contributed by atoms with Crippen LogP contribution in [0, 0.1) is 0 Å².